The molecule has 0 heterocycles. The first-order chi connectivity index (χ1) is 11.7. The van der Waals surface area contributed by atoms with Gasteiger partial charge in [0.2, 0.25) is 0 Å². The van der Waals surface area contributed by atoms with E-state index in [-0.39, 0.29) is 11.4 Å². The zero-order valence-electron chi connectivity index (χ0n) is 16.3. The van der Waals surface area contributed by atoms with Crippen LogP contribution in [0.25, 0.3) is 6.08 Å². The quantitative estimate of drug-likeness (QED) is 0.766. The van der Waals surface area contributed by atoms with Crippen molar-refractivity contribution in [1.29, 1.82) is 0 Å². The van der Waals surface area contributed by atoms with Gasteiger partial charge in [0, 0.05) is 6.61 Å². The normalized spacial score (nSPS) is 16.4. The Morgan fingerprint density at radius 3 is 2.16 bits per heavy atom. The van der Waals surface area contributed by atoms with Gasteiger partial charge in [0.1, 0.15) is 5.60 Å². The number of aliphatic hydroxyl groups is 1. The molecule has 1 aromatic rings. The molecule has 0 aromatic heterocycles. The van der Waals surface area contributed by atoms with Crippen LogP contribution in [0.4, 0.5) is 0 Å². The molecule has 0 unspecified atom stereocenters. The summed E-state index contributed by atoms with van der Waals surface area (Å²) in [6, 6.07) is 7.71. The third kappa shape index (κ3) is 8.87. The van der Waals surface area contributed by atoms with Crippen LogP contribution in [-0.4, -0.2) is 23.3 Å². The van der Waals surface area contributed by atoms with Gasteiger partial charge in [0.25, 0.3) is 0 Å². The molecule has 0 atom stereocenters. The summed E-state index contributed by atoms with van der Waals surface area (Å²) in [6.07, 6.45) is 8.54. The van der Waals surface area contributed by atoms with Gasteiger partial charge in [-0.2, -0.15) is 0 Å². The predicted molar refractivity (Wildman–Crippen MR) is 104 cm³/mol. The summed E-state index contributed by atoms with van der Waals surface area (Å²) >= 11 is 0. The van der Waals surface area contributed by atoms with Crippen LogP contribution < -0.4 is 0 Å². The van der Waals surface area contributed by atoms with Gasteiger partial charge in [0.15, 0.2) is 0 Å². The lowest BCUT2D eigenvalue weighted by Crippen LogP contribution is -2.24. The number of esters is 1. The minimum Gasteiger partial charge on any atom is -0.460 e. The Balaban J connectivity index is 0.000000293. The zero-order chi connectivity index (χ0) is 18.9. The van der Waals surface area contributed by atoms with Crippen LogP contribution in [0, 0.1) is 5.41 Å². The Morgan fingerprint density at radius 2 is 1.76 bits per heavy atom. The van der Waals surface area contributed by atoms with E-state index in [0.717, 1.165) is 11.1 Å². The van der Waals surface area contributed by atoms with Crippen LogP contribution in [0.2, 0.25) is 0 Å². The van der Waals surface area contributed by atoms with Crippen molar-refractivity contribution < 1.29 is 14.6 Å². The summed E-state index contributed by atoms with van der Waals surface area (Å²) in [5.41, 5.74) is 1.86. The second kappa shape index (κ2) is 9.76. The number of carbonyl (C=O) groups excluding carboxylic acids is 1. The first-order valence-electron chi connectivity index (χ1n) is 9.21. The lowest BCUT2D eigenvalue weighted by molar-refractivity contribution is -0.153. The highest BCUT2D eigenvalue weighted by Gasteiger charge is 2.25. The highest BCUT2D eigenvalue weighted by atomic mass is 16.6. The third-order valence-electron chi connectivity index (χ3n) is 4.43. The number of rotatable bonds is 4. The van der Waals surface area contributed by atoms with Crippen LogP contribution in [0.15, 0.2) is 30.8 Å². The van der Waals surface area contributed by atoms with E-state index >= 15 is 0 Å². The topological polar surface area (TPSA) is 46.5 Å². The Morgan fingerprint density at radius 1 is 1.20 bits per heavy atom. The van der Waals surface area contributed by atoms with Crippen LogP contribution in [0.1, 0.15) is 70.9 Å². The largest absolute Gasteiger partial charge is 0.460 e. The van der Waals surface area contributed by atoms with Crippen LogP contribution in [0.5, 0.6) is 0 Å². The van der Waals surface area contributed by atoms with Crippen molar-refractivity contribution in [1.82, 2.24) is 0 Å². The molecule has 25 heavy (non-hydrogen) atoms. The molecule has 0 radical (unpaired) electrons. The molecule has 0 bridgehead atoms. The summed E-state index contributed by atoms with van der Waals surface area (Å²) in [5, 5.41) is 8.95. The van der Waals surface area contributed by atoms with Gasteiger partial charge in [-0.3, -0.25) is 4.79 Å². The van der Waals surface area contributed by atoms with Crippen molar-refractivity contribution in [2.45, 2.75) is 71.8 Å². The molecule has 0 amide bonds. The number of benzene rings is 1. The molecule has 0 spiro atoms. The first-order valence-corrected chi connectivity index (χ1v) is 9.21. The van der Waals surface area contributed by atoms with Gasteiger partial charge in [-0.05, 0) is 50.2 Å². The number of ether oxygens (including phenoxy) is 1. The van der Waals surface area contributed by atoms with E-state index < -0.39 is 5.60 Å². The molecule has 1 N–H and O–H groups in total. The van der Waals surface area contributed by atoms with E-state index in [1.807, 2.05) is 45.0 Å². The van der Waals surface area contributed by atoms with E-state index in [1.165, 1.54) is 32.1 Å². The molecule has 0 aliphatic heterocycles. The van der Waals surface area contributed by atoms with Crippen molar-refractivity contribution in [2.75, 3.05) is 6.61 Å². The Labute approximate surface area is 153 Å². The van der Waals surface area contributed by atoms with Crippen LogP contribution >= 0.6 is 0 Å². The molecule has 1 aliphatic carbocycles. The minimum atomic E-state index is -0.419. The number of hydrogen-bond acceptors (Lipinski definition) is 3. The molecule has 3 nitrogen and oxygen atoms in total. The fourth-order valence-electron chi connectivity index (χ4n) is 2.88. The molecular formula is C22H34O3. The molecule has 2 rings (SSSR count). The van der Waals surface area contributed by atoms with Gasteiger partial charge in [-0.25, -0.2) is 0 Å². The highest BCUT2D eigenvalue weighted by Crippen LogP contribution is 2.34. The second-order valence-corrected chi connectivity index (χ2v) is 8.24. The van der Waals surface area contributed by atoms with E-state index in [4.69, 9.17) is 9.84 Å². The maximum atomic E-state index is 11.5. The lowest BCUT2D eigenvalue weighted by Gasteiger charge is -2.31. The van der Waals surface area contributed by atoms with E-state index in [9.17, 15) is 4.79 Å². The van der Waals surface area contributed by atoms with Crippen molar-refractivity contribution in [3.63, 3.8) is 0 Å². The monoisotopic (exact) mass is 346 g/mol. The fourth-order valence-corrected chi connectivity index (χ4v) is 2.88. The Bertz CT molecular complexity index is 531. The minimum absolute atomic E-state index is 0.196. The van der Waals surface area contributed by atoms with Crippen LogP contribution in [-0.2, 0) is 16.0 Å². The zero-order valence-corrected chi connectivity index (χ0v) is 16.3. The summed E-state index contributed by atoms with van der Waals surface area (Å²) in [7, 11) is 0. The van der Waals surface area contributed by atoms with Crippen molar-refractivity contribution in [3.8, 4) is 0 Å². The summed E-state index contributed by atoms with van der Waals surface area (Å²) in [4.78, 5) is 11.5. The van der Waals surface area contributed by atoms with Gasteiger partial charge < -0.3 is 9.84 Å². The number of carbonyl (C=O) groups is 1. The molecule has 1 fully saturated rings. The standard InChI is InChI=1S/C14H18O2.C8H16O/c1-5-11-6-8-12(9-7-11)10-13(15)16-14(2,3)4;1-8(7-9)5-3-2-4-6-8/h5-9H,1,10H2,2-4H3;9H,2-7H2,1H3. The molecule has 1 saturated carbocycles. The second-order valence-electron chi connectivity index (χ2n) is 8.24. The van der Waals surface area contributed by atoms with Gasteiger partial charge in [-0.15, -0.1) is 0 Å². The lowest BCUT2D eigenvalue weighted by atomic mass is 9.76. The number of hydrogen-bond donors (Lipinski definition) is 1. The summed E-state index contributed by atoms with van der Waals surface area (Å²) in [6.45, 7) is 11.8. The molecule has 0 saturated heterocycles. The van der Waals surface area contributed by atoms with Gasteiger partial charge >= 0.3 is 5.97 Å². The maximum Gasteiger partial charge on any atom is 0.310 e. The average molecular weight is 347 g/mol. The molecule has 140 valence electrons. The molecule has 1 aliphatic rings. The average Bonchev–Trinajstić information content (AvgIpc) is 2.55. The SMILES string of the molecule is C=Cc1ccc(CC(=O)OC(C)(C)C)cc1.CC1(CO)CCCCC1. The Kier molecular flexibility index (Phi) is 8.37. The number of aliphatic hydroxyl groups excluding tert-OH is 1. The molecular weight excluding hydrogens is 312 g/mol. The molecule has 3 heteroatoms. The van der Waals surface area contributed by atoms with Crippen molar-refractivity contribution in [2.24, 2.45) is 5.41 Å². The molecule has 1 aromatic carbocycles. The van der Waals surface area contributed by atoms with Crippen LogP contribution in [0.3, 0.4) is 0 Å². The fraction of sp³-hybridized carbons (Fsp3) is 0.591. The smallest absolute Gasteiger partial charge is 0.310 e. The van der Waals surface area contributed by atoms with E-state index in [0.29, 0.717) is 13.0 Å². The van der Waals surface area contributed by atoms with E-state index in [2.05, 4.69) is 13.5 Å². The first kappa shape index (κ1) is 21.4. The summed E-state index contributed by atoms with van der Waals surface area (Å²) in [5.74, 6) is -0.196. The predicted octanol–water partition coefficient (Wildman–Crippen LogP) is 5.16. The van der Waals surface area contributed by atoms with Crippen molar-refractivity contribution in [3.05, 3.63) is 42.0 Å². The maximum absolute atomic E-state index is 11.5. The highest BCUT2D eigenvalue weighted by molar-refractivity contribution is 5.73. The Hall–Kier alpha value is -1.61. The van der Waals surface area contributed by atoms with Gasteiger partial charge in [-0.1, -0.05) is 63.1 Å². The third-order valence-corrected chi connectivity index (χ3v) is 4.43. The van der Waals surface area contributed by atoms with E-state index in [1.54, 1.807) is 6.08 Å². The van der Waals surface area contributed by atoms with Crippen molar-refractivity contribution >= 4 is 12.0 Å². The summed E-state index contributed by atoms with van der Waals surface area (Å²) < 4.78 is 5.24. The van der Waals surface area contributed by atoms with Gasteiger partial charge in [0.05, 0.1) is 6.42 Å².